The summed E-state index contributed by atoms with van der Waals surface area (Å²) in [6.07, 6.45) is -0.236. The van der Waals surface area contributed by atoms with Crippen molar-refractivity contribution in [1.82, 2.24) is 0 Å². The van der Waals surface area contributed by atoms with Gasteiger partial charge in [-0.3, -0.25) is 0 Å². The maximum atomic E-state index is 11.7. The van der Waals surface area contributed by atoms with Crippen molar-refractivity contribution in [3.05, 3.63) is 35.4 Å². The van der Waals surface area contributed by atoms with Crippen LogP contribution in [0.1, 0.15) is 29.3 Å². The molecule has 4 heteroatoms. The van der Waals surface area contributed by atoms with E-state index in [9.17, 15) is 9.90 Å². The maximum absolute atomic E-state index is 11.7. The van der Waals surface area contributed by atoms with Gasteiger partial charge in [-0.2, -0.15) is 0 Å². The van der Waals surface area contributed by atoms with E-state index in [0.29, 0.717) is 12.0 Å². The predicted octanol–water partition coefficient (Wildman–Crippen LogP) is 1.90. The Hall–Kier alpha value is -1.39. The molecule has 0 radical (unpaired) electrons. The van der Waals surface area contributed by atoms with Crippen molar-refractivity contribution < 1.29 is 19.4 Å². The number of esters is 1. The third-order valence-corrected chi connectivity index (χ3v) is 3.14. The van der Waals surface area contributed by atoms with Crippen molar-refractivity contribution in [3.8, 4) is 0 Å². The Bertz CT molecular complexity index is 402. The van der Waals surface area contributed by atoms with E-state index >= 15 is 0 Å². The number of carbonyl (C=O) groups is 1. The first kappa shape index (κ1) is 13.1. The second kappa shape index (κ2) is 5.50. The third kappa shape index (κ3) is 3.09. The first-order valence-electron chi connectivity index (χ1n) is 6.13. The lowest BCUT2D eigenvalue weighted by Gasteiger charge is -2.11. The van der Waals surface area contributed by atoms with Gasteiger partial charge in [0.25, 0.3) is 0 Å². The highest BCUT2D eigenvalue weighted by Crippen LogP contribution is 2.24. The van der Waals surface area contributed by atoms with E-state index in [-0.39, 0.29) is 24.6 Å². The first-order chi connectivity index (χ1) is 8.56. The number of rotatable bonds is 3. The zero-order chi connectivity index (χ0) is 13.1. The maximum Gasteiger partial charge on any atom is 0.338 e. The van der Waals surface area contributed by atoms with Gasteiger partial charge in [-0.25, -0.2) is 4.79 Å². The highest BCUT2D eigenvalue weighted by molar-refractivity contribution is 5.89. The molecule has 18 heavy (non-hydrogen) atoms. The van der Waals surface area contributed by atoms with Crippen LogP contribution in [0.15, 0.2) is 24.3 Å². The Morgan fingerprint density at radius 3 is 2.67 bits per heavy atom. The number of hydrogen-bond donors (Lipinski definition) is 1. The predicted molar refractivity (Wildman–Crippen MR) is 66.1 cm³/mol. The molecule has 0 aromatic heterocycles. The van der Waals surface area contributed by atoms with E-state index in [1.165, 1.54) is 0 Å². The van der Waals surface area contributed by atoms with E-state index in [2.05, 4.69) is 0 Å². The van der Waals surface area contributed by atoms with Crippen molar-refractivity contribution in [2.45, 2.75) is 32.7 Å². The Morgan fingerprint density at radius 1 is 1.44 bits per heavy atom. The van der Waals surface area contributed by atoms with Gasteiger partial charge in [0.15, 0.2) is 6.29 Å². The van der Waals surface area contributed by atoms with Crippen molar-refractivity contribution in [2.24, 2.45) is 5.92 Å². The zero-order valence-corrected chi connectivity index (χ0v) is 10.6. The highest BCUT2D eigenvalue weighted by atomic mass is 16.6. The summed E-state index contributed by atoms with van der Waals surface area (Å²) >= 11 is 0. The van der Waals surface area contributed by atoms with Crippen LogP contribution in [0, 0.1) is 12.8 Å². The molecule has 3 atom stereocenters. The van der Waals surface area contributed by atoms with Crippen molar-refractivity contribution >= 4 is 5.97 Å². The van der Waals surface area contributed by atoms with E-state index in [4.69, 9.17) is 9.47 Å². The van der Waals surface area contributed by atoms with Crippen LogP contribution in [-0.4, -0.2) is 30.1 Å². The van der Waals surface area contributed by atoms with Gasteiger partial charge in [-0.15, -0.1) is 0 Å². The second-order valence-electron chi connectivity index (χ2n) is 4.83. The summed E-state index contributed by atoms with van der Waals surface area (Å²) in [7, 11) is 0. The van der Waals surface area contributed by atoms with Crippen LogP contribution in [0.3, 0.4) is 0 Å². The van der Waals surface area contributed by atoms with Crippen LogP contribution in [-0.2, 0) is 9.47 Å². The fraction of sp³-hybridized carbons (Fsp3) is 0.500. The summed E-state index contributed by atoms with van der Waals surface area (Å²) in [5.41, 5.74) is 1.63. The number of aliphatic hydroxyl groups excluding tert-OH is 1. The van der Waals surface area contributed by atoms with Crippen molar-refractivity contribution in [2.75, 3.05) is 6.61 Å². The number of aryl methyl sites for hydroxylation is 1. The van der Waals surface area contributed by atoms with Gasteiger partial charge >= 0.3 is 5.97 Å². The van der Waals surface area contributed by atoms with Crippen LogP contribution < -0.4 is 0 Å². The van der Waals surface area contributed by atoms with Gasteiger partial charge in [-0.05, 0) is 25.5 Å². The summed E-state index contributed by atoms with van der Waals surface area (Å²) in [6.45, 7) is 4.06. The van der Waals surface area contributed by atoms with E-state index in [0.717, 1.165) is 5.56 Å². The molecule has 1 heterocycles. The number of hydrogen-bond acceptors (Lipinski definition) is 4. The molecule has 2 rings (SSSR count). The lowest BCUT2D eigenvalue weighted by atomic mass is 10.1. The standard InChI is InChI=1S/C14H18O4/c1-9-3-5-11(6-4-9)14(16)17-8-12-7-10(2)13(15)18-12/h3-6,10,12-13,15H,7-8H2,1-2H3/t10?,12-,13?/m0/s1. The fourth-order valence-corrected chi connectivity index (χ4v) is 1.97. The van der Waals surface area contributed by atoms with Crippen LogP contribution >= 0.6 is 0 Å². The lowest BCUT2D eigenvalue weighted by Crippen LogP contribution is -2.19. The molecule has 1 N–H and O–H groups in total. The van der Waals surface area contributed by atoms with Gasteiger partial charge in [0, 0.05) is 5.92 Å². The molecule has 2 unspecified atom stereocenters. The molecule has 1 aromatic carbocycles. The number of ether oxygens (including phenoxy) is 2. The van der Waals surface area contributed by atoms with Crippen LogP contribution in [0.4, 0.5) is 0 Å². The molecule has 1 aliphatic heterocycles. The molecule has 1 saturated heterocycles. The average Bonchev–Trinajstić information content (AvgIpc) is 2.67. The summed E-state index contributed by atoms with van der Waals surface area (Å²) in [4.78, 5) is 11.7. The molecule has 0 bridgehead atoms. The highest BCUT2D eigenvalue weighted by Gasteiger charge is 2.31. The SMILES string of the molecule is Cc1ccc(C(=O)OC[C@@H]2CC(C)C(O)O2)cc1. The smallest absolute Gasteiger partial charge is 0.338 e. The molecular weight excluding hydrogens is 232 g/mol. The number of carbonyl (C=O) groups excluding carboxylic acids is 1. The quantitative estimate of drug-likeness (QED) is 0.832. The Kier molecular flexibility index (Phi) is 3.99. The largest absolute Gasteiger partial charge is 0.459 e. The number of aliphatic hydroxyl groups is 1. The van der Waals surface area contributed by atoms with E-state index in [1.807, 2.05) is 26.0 Å². The fourth-order valence-electron chi connectivity index (χ4n) is 1.97. The van der Waals surface area contributed by atoms with Gasteiger partial charge < -0.3 is 14.6 Å². The Morgan fingerprint density at radius 2 is 2.11 bits per heavy atom. The van der Waals surface area contributed by atoms with Crippen molar-refractivity contribution in [1.29, 1.82) is 0 Å². The molecule has 0 aliphatic carbocycles. The lowest BCUT2D eigenvalue weighted by molar-refractivity contribution is -0.115. The minimum Gasteiger partial charge on any atom is -0.459 e. The molecule has 0 saturated carbocycles. The van der Waals surface area contributed by atoms with Gasteiger partial charge in [0.05, 0.1) is 11.7 Å². The third-order valence-electron chi connectivity index (χ3n) is 3.14. The monoisotopic (exact) mass is 250 g/mol. The molecule has 0 spiro atoms. The topological polar surface area (TPSA) is 55.8 Å². The summed E-state index contributed by atoms with van der Waals surface area (Å²) in [6, 6.07) is 7.22. The van der Waals surface area contributed by atoms with Crippen LogP contribution in [0.5, 0.6) is 0 Å². The van der Waals surface area contributed by atoms with E-state index < -0.39 is 6.29 Å². The minimum absolute atomic E-state index is 0.0908. The molecule has 1 aliphatic rings. The van der Waals surface area contributed by atoms with E-state index in [1.54, 1.807) is 12.1 Å². The Balaban J connectivity index is 1.84. The van der Waals surface area contributed by atoms with Gasteiger partial charge in [0.2, 0.25) is 0 Å². The van der Waals surface area contributed by atoms with Gasteiger partial charge in [-0.1, -0.05) is 24.6 Å². The molecule has 0 amide bonds. The van der Waals surface area contributed by atoms with Gasteiger partial charge in [0.1, 0.15) is 6.61 Å². The second-order valence-corrected chi connectivity index (χ2v) is 4.83. The molecule has 4 nitrogen and oxygen atoms in total. The number of benzene rings is 1. The average molecular weight is 250 g/mol. The molecule has 98 valence electrons. The summed E-state index contributed by atoms with van der Waals surface area (Å²) < 4.78 is 10.4. The molecular formula is C14H18O4. The summed E-state index contributed by atoms with van der Waals surface area (Å²) in [5.74, 6) is -0.263. The first-order valence-corrected chi connectivity index (χ1v) is 6.13. The zero-order valence-electron chi connectivity index (χ0n) is 10.6. The minimum atomic E-state index is -0.743. The molecule has 1 aromatic rings. The Labute approximate surface area is 107 Å². The normalized spacial score (nSPS) is 27.2. The van der Waals surface area contributed by atoms with Crippen LogP contribution in [0.2, 0.25) is 0 Å². The summed E-state index contributed by atoms with van der Waals surface area (Å²) in [5, 5.41) is 9.42. The molecule has 1 fully saturated rings. The van der Waals surface area contributed by atoms with Crippen LogP contribution in [0.25, 0.3) is 0 Å². The van der Waals surface area contributed by atoms with Crippen molar-refractivity contribution in [3.63, 3.8) is 0 Å².